The maximum atomic E-state index is 11.2. The Balaban J connectivity index is 4.64. The second-order valence-corrected chi connectivity index (χ2v) is 7.17. The SMILES string of the molecule is COC(C)COCCC[Si](OC(C)=O)(OC(C)=O)OC(C)=O. The van der Waals surface area contributed by atoms with E-state index in [4.69, 9.17) is 22.8 Å². The van der Waals surface area contributed by atoms with Gasteiger partial charge in [-0.1, -0.05) is 0 Å². The number of hydrogen-bond acceptors (Lipinski definition) is 8. The van der Waals surface area contributed by atoms with E-state index in [0.717, 1.165) is 20.8 Å². The van der Waals surface area contributed by atoms with Crippen molar-refractivity contribution < 1.29 is 37.1 Å². The van der Waals surface area contributed by atoms with Gasteiger partial charge in [-0.15, -0.1) is 0 Å². The minimum atomic E-state index is -3.73. The average molecular weight is 336 g/mol. The predicted octanol–water partition coefficient (Wildman–Crippen LogP) is 1.06. The third-order valence-corrected chi connectivity index (χ3v) is 5.19. The maximum Gasteiger partial charge on any atom is 0.705 e. The van der Waals surface area contributed by atoms with Gasteiger partial charge in [-0.05, 0) is 13.3 Å². The standard InChI is InChI=1S/C13H24O8Si/c1-10(17-5)9-18-7-6-8-22(19-11(2)14,20-12(3)15)21-13(4)16/h10H,6-9H2,1-5H3. The normalized spacial score (nSPS) is 12.4. The molecule has 1 atom stereocenters. The fourth-order valence-corrected chi connectivity index (χ4v) is 3.90. The Hall–Kier alpha value is -1.45. The Morgan fingerprint density at radius 1 is 0.955 bits per heavy atom. The van der Waals surface area contributed by atoms with Crippen molar-refractivity contribution in [3.63, 3.8) is 0 Å². The Labute approximate surface area is 131 Å². The van der Waals surface area contributed by atoms with Crippen molar-refractivity contribution in [3.05, 3.63) is 0 Å². The van der Waals surface area contributed by atoms with Crippen molar-refractivity contribution in [1.82, 2.24) is 0 Å². The van der Waals surface area contributed by atoms with E-state index < -0.39 is 26.7 Å². The molecule has 0 aromatic carbocycles. The monoisotopic (exact) mass is 336 g/mol. The van der Waals surface area contributed by atoms with Gasteiger partial charge < -0.3 is 22.8 Å². The molecule has 0 fully saturated rings. The highest BCUT2D eigenvalue weighted by Gasteiger charge is 2.51. The Bertz CT molecular complexity index is 343. The smallest absolute Gasteiger partial charge is 0.455 e. The molecule has 9 heteroatoms. The molecule has 0 aromatic rings. The van der Waals surface area contributed by atoms with Crippen molar-refractivity contribution in [2.45, 2.75) is 46.3 Å². The first kappa shape index (κ1) is 20.5. The molecule has 22 heavy (non-hydrogen) atoms. The third kappa shape index (κ3) is 9.48. The summed E-state index contributed by atoms with van der Waals surface area (Å²) < 4.78 is 25.5. The largest absolute Gasteiger partial charge is 0.705 e. The number of carbonyl (C=O) groups is 3. The van der Waals surface area contributed by atoms with E-state index in [1.807, 2.05) is 6.92 Å². The number of ether oxygens (including phenoxy) is 2. The zero-order valence-electron chi connectivity index (χ0n) is 13.7. The van der Waals surface area contributed by atoms with E-state index in [0.29, 0.717) is 19.6 Å². The van der Waals surface area contributed by atoms with Crippen LogP contribution >= 0.6 is 0 Å². The molecule has 0 aromatic heterocycles. The summed E-state index contributed by atoms with van der Waals surface area (Å²) in [4.78, 5) is 33.7. The molecule has 1 unspecified atom stereocenters. The summed E-state index contributed by atoms with van der Waals surface area (Å²) in [5, 5.41) is 0. The minimum absolute atomic E-state index is 0.0441. The van der Waals surface area contributed by atoms with Crippen molar-refractivity contribution in [2.75, 3.05) is 20.3 Å². The summed E-state index contributed by atoms with van der Waals surface area (Å²) in [5.74, 6) is -2.03. The van der Waals surface area contributed by atoms with Crippen LogP contribution in [0.5, 0.6) is 0 Å². The summed E-state index contributed by atoms with van der Waals surface area (Å²) in [6.07, 6.45) is 0.355. The molecule has 0 saturated carbocycles. The van der Waals surface area contributed by atoms with Gasteiger partial charge in [-0.3, -0.25) is 14.4 Å². The summed E-state index contributed by atoms with van der Waals surface area (Å²) in [5.41, 5.74) is 0. The van der Waals surface area contributed by atoms with Crippen LogP contribution < -0.4 is 0 Å². The molecule has 0 heterocycles. The van der Waals surface area contributed by atoms with E-state index in [-0.39, 0.29) is 12.1 Å². The van der Waals surface area contributed by atoms with E-state index >= 15 is 0 Å². The van der Waals surface area contributed by atoms with Gasteiger partial charge in [0.15, 0.2) is 0 Å². The van der Waals surface area contributed by atoms with Crippen LogP contribution in [0, 0.1) is 0 Å². The highest BCUT2D eigenvalue weighted by Crippen LogP contribution is 2.19. The number of hydrogen-bond donors (Lipinski definition) is 0. The van der Waals surface area contributed by atoms with Crippen LogP contribution in [-0.4, -0.2) is 53.1 Å². The van der Waals surface area contributed by atoms with E-state index in [1.54, 1.807) is 7.11 Å². The predicted molar refractivity (Wildman–Crippen MR) is 77.8 cm³/mol. The van der Waals surface area contributed by atoms with Gasteiger partial charge in [0.05, 0.1) is 18.8 Å². The first-order valence-electron chi connectivity index (χ1n) is 6.90. The van der Waals surface area contributed by atoms with Crippen LogP contribution in [0.25, 0.3) is 0 Å². The van der Waals surface area contributed by atoms with Gasteiger partial charge in [0.1, 0.15) is 0 Å². The summed E-state index contributed by atoms with van der Waals surface area (Å²) >= 11 is 0. The van der Waals surface area contributed by atoms with E-state index in [2.05, 4.69) is 0 Å². The second kappa shape index (κ2) is 10.3. The van der Waals surface area contributed by atoms with Crippen LogP contribution in [0.15, 0.2) is 0 Å². The molecule has 128 valence electrons. The van der Waals surface area contributed by atoms with Gasteiger partial charge in [0.2, 0.25) is 0 Å². The molecule has 0 amide bonds. The zero-order chi connectivity index (χ0) is 17.2. The second-order valence-electron chi connectivity index (χ2n) is 4.69. The zero-order valence-corrected chi connectivity index (χ0v) is 14.7. The van der Waals surface area contributed by atoms with Crippen molar-refractivity contribution in [1.29, 1.82) is 0 Å². The topological polar surface area (TPSA) is 97.4 Å². The summed E-state index contributed by atoms with van der Waals surface area (Å²) in [6.45, 7) is 6.06. The quantitative estimate of drug-likeness (QED) is 0.431. The van der Waals surface area contributed by atoms with Crippen molar-refractivity contribution >= 4 is 26.7 Å². The van der Waals surface area contributed by atoms with Gasteiger partial charge in [-0.2, -0.15) is 0 Å². The Morgan fingerprint density at radius 2 is 1.41 bits per heavy atom. The molecule has 0 aliphatic carbocycles. The lowest BCUT2D eigenvalue weighted by molar-refractivity contribution is -0.147. The number of methoxy groups -OCH3 is 1. The summed E-state index contributed by atoms with van der Waals surface area (Å²) in [7, 11) is -2.15. The molecule has 0 saturated heterocycles. The minimum Gasteiger partial charge on any atom is -0.455 e. The van der Waals surface area contributed by atoms with Crippen LogP contribution in [0.2, 0.25) is 6.04 Å². The molecule has 0 aliphatic rings. The number of rotatable bonds is 10. The molecule has 0 N–H and O–H groups in total. The van der Waals surface area contributed by atoms with Gasteiger partial charge in [0, 0.05) is 34.5 Å². The molecule has 0 spiro atoms. The molecule has 0 radical (unpaired) electrons. The van der Waals surface area contributed by atoms with E-state index in [1.165, 1.54) is 0 Å². The lowest BCUT2D eigenvalue weighted by atomic mass is 10.4. The van der Waals surface area contributed by atoms with Crippen molar-refractivity contribution in [3.8, 4) is 0 Å². The van der Waals surface area contributed by atoms with Crippen LogP contribution in [0.4, 0.5) is 0 Å². The molecular formula is C13H24O8Si. The lowest BCUT2D eigenvalue weighted by Crippen LogP contribution is -2.49. The van der Waals surface area contributed by atoms with E-state index in [9.17, 15) is 14.4 Å². The number of carbonyl (C=O) groups excluding carboxylic acids is 3. The molecule has 0 bridgehead atoms. The highest BCUT2D eigenvalue weighted by molar-refractivity contribution is 6.65. The fourth-order valence-electron chi connectivity index (χ4n) is 1.58. The van der Waals surface area contributed by atoms with Crippen LogP contribution in [0.1, 0.15) is 34.1 Å². The first-order chi connectivity index (χ1) is 10.2. The first-order valence-corrected chi connectivity index (χ1v) is 8.83. The molecule has 0 aliphatic heterocycles. The third-order valence-electron chi connectivity index (χ3n) is 2.42. The van der Waals surface area contributed by atoms with Crippen LogP contribution in [-0.2, 0) is 37.1 Å². The average Bonchev–Trinajstić information content (AvgIpc) is 2.35. The van der Waals surface area contributed by atoms with Gasteiger partial charge >= 0.3 is 8.80 Å². The molecular weight excluding hydrogens is 312 g/mol. The highest BCUT2D eigenvalue weighted by atomic mass is 28.4. The van der Waals surface area contributed by atoms with Crippen molar-refractivity contribution in [2.24, 2.45) is 0 Å². The van der Waals surface area contributed by atoms with Gasteiger partial charge in [-0.25, -0.2) is 0 Å². The molecule has 0 rings (SSSR count). The van der Waals surface area contributed by atoms with Gasteiger partial charge in [0.25, 0.3) is 17.9 Å². The summed E-state index contributed by atoms with van der Waals surface area (Å²) in [6, 6.07) is 0.104. The fraction of sp³-hybridized carbons (Fsp3) is 0.769. The lowest BCUT2D eigenvalue weighted by Gasteiger charge is -2.26. The van der Waals surface area contributed by atoms with Crippen LogP contribution in [0.3, 0.4) is 0 Å². The maximum absolute atomic E-state index is 11.2. The Morgan fingerprint density at radius 3 is 1.77 bits per heavy atom. The Kier molecular flexibility index (Phi) is 9.62. The molecule has 8 nitrogen and oxygen atoms in total.